The molecule has 0 spiro atoms. The lowest BCUT2D eigenvalue weighted by molar-refractivity contribution is -0.126. The Labute approximate surface area is 114 Å². The number of rotatable bonds is 3. The van der Waals surface area contributed by atoms with Crippen LogP contribution in [-0.2, 0) is 11.2 Å². The van der Waals surface area contributed by atoms with Gasteiger partial charge in [-0.15, -0.1) is 0 Å². The number of carbonyl (C=O) groups is 1. The number of fused-ring (bicyclic) bond motifs is 1. The van der Waals surface area contributed by atoms with Crippen LogP contribution < -0.4 is 0 Å². The molecule has 2 heteroatoms. The third-order valence-electron chi connectivity index (χ3n) is 3.39. The van der Waals surface area contributed by atoms with Gasteiger partial charge in [-0.1, -0.05) is 39.0 Å². The van der Waals surface area contributed by atoms with Crippen LogP contribution in [0.25, 0.3) is 10.9 Å². The first-order valence-electron chi connectivity index (χ1n) is 6.76. The van der Waals surface area contributed by atoms with Crippen LogP contribution in [-0.4, -0.2) is 10.8 Å². The minimum Gasteiger partial charge on any atom is -0.299 e. The zero-order valence-corrected chi connectivity index (χ0v) is 12.2. The van der Waals surface area contributed by atoms with E-state index in [2.05, 4.69) is 17.1 Å². The van der Waals surface area contributed by atoms with E-state index < -0.39 is 0 Å². The maximum Gasteiger partial charge on any atom is 0.138 e. The van der Waals surface area contributed by atoms with Crippen molar-refractivity contribution >= 4 is 16.7 Å². The van der Waals surface area contributed by atoms with Crippen LogP contribution in [0.1, 0.15) is 38.4 Å². The number of Topliss-reactive ketones (excluding diaryl/α,β-unsaturated/α-hetero) is 1. The highest BCUT2D eigenvalue weighted by molar-refractivity contribution is 5.86. The van der Waals surface area contributed by atoms with Gasteiger partial charge in [-0.3, -0.25) is 9.78 Å². The van der Waals surface area contributed by atoms with Crippen molar-refractivity contribution in [1.82, 2.24) is 4.98 Å². The summed E-state index contributed by atoms with van der Waals surface area (Å²) in [7, 11) is 0. The predicted octanol–water partition coefficient (Wildman–Crippen LogP) is 4.09. The number of aromatic nitrogens is 1. The standard InChI is InChI=1S/C17H21NO/c1-12-11-13(9-10-16(19)17(2,3)4)14-7-5-6-8-15(14)18-12/h5-8,11H,9-10H2,1-4H3. The van der Waals surface area contributed by atoms with Crippen LogP contribution in [0.5, 0.6) is 0 Å². The number of hydrogen-bond acceptors (Lipinski definition) is 2. The molecule has 1 aromatic carbocycles. The summed E-state index contributed by atoms with van der Waals surface area (Å²) < 4.78 is 0. The molecule has 0 atom stereocenters. The van der Waals surface area contributed by atoms with Crippen LogP contribution in [0.3, 0.4) is 0 Å². The molecule has 2 nitrogen and oxygen atoms in total. The van der Waals surface area contributed by atoms with Gasteiger partial charge in [-0.05, 0) is 31.0 Å². The third-order valence-corrected chi connectivity index (χ3v) is 3.39. The minimum atomic E-state index is -0.252. The van der Waals surface area contributed by atoms with Gasteiger partial charge in [0.15, 0.2) is 0 Å². The Hall–Kier alpha value is -1.70. The topological polar surface area (TPSA) is 30.0 Å². The van der Waals surface area contributed by atoms with Gasteiger partial charge < -0.3 is 0 Å². The molecule has 1 heterocycles. The van der Waals surface area contributed by atoms with Crippen LogP contribution in [0.4, 0.5) is 0 Å². The quantitative estimate of drug-likeness (QED) is 0.826. The van der Waals surface area contributed by atoms with E-state index in [1.165, 1.54) is 5.56 Å². The van der Waals surface area contributed by atoms with Crippen molar-refractivity contribution in [2.75, 3.05) is 0 Å². The van der Waals surface area contributed by atoms with Crippen molar-refractivity contribution in [3.63, 3.8) is 0 Å². The summed E-state index contributed by atoms with van der Waals surface area (Å²) >= 11 is 0. The number of benzene rings is 1. The fraction of sp³-hybridized carbons (Fsp3) is 0.412. The van der Waals surface area contributed by atoms with Gasteiger partial charge in [0.1, 0.15) is 5.78 Å². The number of ketones is 1. The molecule has 0 aliphatic heterocycles. The van der Waals surface area contributed by atoms with E-state index in [1.54, 1.807) is 0 Å². The number of nitrogens with zero attached hydrogens (tertiary/aromatic N) is 1. The zero-order chi connectivity index (χ0) is 14.0. The van der Waals surface area contributed by atoms with Crippen molar-refractivity contribution in [3.8, 4) is 0 Å². The second-order valence-electron chi connectivity index (χ2n) is 6.11. The highest BCUT2D eigenvalue weighted by Crippen LogP contribution is 2.22. The number of para-hydroxylation sites is 1. The summed E-state index contributed by atoms with van der Waals surface area (Å²) in [6, 6.07) is 10.2. The van der Waals surface area contributed by atoms with E-state index in [0.717, 1.165) is 23.0 Å². The lowest BCUT2D eigenvalue weighted by atomic mass is 9.87. The SMILES string of the molecule is Cc1cc(CCC(=O)C(C)(C)C)c2ccccc2n1. The van der Waals surface area contributed by atoms with E-state index in [0.29, 0.717) is 12.2 Å². The molecular weight excluding hydrogens is 234 g/mol. The molecular formula is C17H21NO. The molecule has 1 aromatic heterocycles. The zero-order valence-electron chi connectivity index (χ0n) is 12.2. The van der Waals surface area contributed by atoms with Gasteiger partial charge in [0.2, 0.25) is 0 Å². The maximum absolute atomic E-state index is 12.0. The van der Waals surface area contributed by atoms with Gasteiger partial charge in [0.25, 0.3) is 0 Å². The van der Waals surface area contributed by atoms with Crippen molar-refractivity contribution < 1.29 is 4.79 Å². The smallest absolute Gasteiger partial charge is 0.138 e. The van der Waals surface area contributed by atoms with Crippen LogP contribution >= 0.6 is 0 Å². The molecule has 0 radical (unpaired) electrons. The van der Waals surface area contributed by atoms with Crippen LogP contribution in [0, 0.1) is 12.3 Å². The molecule has 0 saturated heterocycles. The van der Waals surface area contributed by atoms with E-state index in [9.17, 15) is 4.79 Å². The van der Waals surface area contributed by atoms with Gasteiger partial charge in [0, 0.05) is 22.9 Å². The molecule has 2 aromatic rings. The first kappa shape index (κ1) is 13.7. The van der Waals surface area contributed by atoms with E-state index in [4.69, 9.17) is 0 Å². The van der Waals surface area contributed by atoms with Crippen LogP contribution in [0.15, 0.2) is 30.3 Å². The van der Waals surface area contributed by atoms with E-state index in [1.807, 2.05) is 45.9 Å². The normalized spacial score (nSPS) is 11.8. The average Bonchev–Trinajstić information content (AvgIpc) is 2.34. The second-order valence-corrected chi connectivity index (χ2v) is 6.11. The molecule has 0 aliphatic carbocycles. The molecule has 100 valence electrons. The van der Waals surface area contributed by atoms with Gasteiger partial charge in [-0.25, -0.2) is 0 Å². The molecule has 0 aliphatic rings. The number of hydrogen-bond donors (Lipinski definition) is 0. The average molecular weight is 255 g/mol. The largest absolute Gasteiger partial charge is 0.299 e. The summed E-state index contributed by atoms with van der Waals surface area (Å²) in [6.07, 6.45) is 1.39. The Kier molecular flexibility index (Phi) is 3.70. The number of aryl methyl sites for hydroxylation is 2. The first-order chi connectivity index (χ1) is 8.88. The Bertz CT molecular complexity index is 608. The summed E-state index contributed by atoms with van der Waals surface area (Å²) in [6.45, 7) is 7.93. The number of pyridine rings is 1. The Balaban J connectivity index is 2.28. The third kappa shape index (κ3) is 3.19. The maximum atomic E-state index is 12.0. The fourth-order valence-electron chi connectivity index (χ4n) is 2.22. The second kappa shape index (κ2) is 5.12. The Morgan fingerprint density at radius 1 is 1.21 bits per heavy atom. The molecule has 2 rings (SSSR count). The minimum absolute atomic E-state index is 0.252. The summed E-state index contributed by atoms with van der Waals surface area (Å²) in [5.41, 5.74) is 3.00. The van der Waals surface area contributed by atoms with E-state index in [-0.39, 0.29) is 5.41 Å². The number of carbonyl (C=O) groups excluding carboxylic acids is 1. The van der Waals surface area contributed by atoms with Gasteiger partial charge in [0.05, 0.1) is 5.52 Å². The van der Waals surface area contributed by atoms with Crippen LogP contribution in [0.2, 0.25) is 0 Å². The fourth-order valence-corrected chi connectivity index (χ4v) is 2.22. The first-order valence-corrected chi connectivity index (χ1v) is 6.76. The molecule has 19 heavy (non-hydrogen) atoms. The van der Waals surface area contributed by atoms with Crippen molar-refractivity contribution in [2.24, 2.45) is 5.41 Å². The summed E-state index contributed by atoms with van der Waals surface area (Å²) in [5.74, 6) is 0.311. The molecule has 0 fully saturated rings. The molecule has 0 saturated carbocycles. The monoisotopic (exact) mass is 255 g/mol. The predicted molar refractivity (Wildman–Crippen MR) is 79.3 cm³/mol. The molecule has 0 unspecified atom stereocenters. The lowest BCUT2D eigenvalue weighted by Gasteiger charge is -2.16. The summed E-state index contributed by atoms with van der Waals surface area (Å²) in [4.78, 5) is 16.6. The molecule has 0 N–H and O–H groups in total. The van der Waals surface area contributed by atoms with Crippen molar-refractivity contribution in [1.29, 1.82) is 0 Å². The van der Waals surface area contributed by atoms with Gasteiger partial charge >= 0.3 is 0 Å². The highest BCUT2D eigenvalue weighted by Gasteiger charge is 2.20. The Morgan fingerprint density at radius 3 is 2.58 bits per heavy atom. The Morgan fingerprint density at radius 2 is 1.89 bits per heavy atom. The highest BCUT2D eigenvalue weighted by atomic mass is 16.1. The van der Waals surface area contributed by atoms with Crippen molar-refractivity contribution in [3.05, 3.63) is 41.6 Å². The van der Waals surface area contributed by atoms with Crippen molar-refractivity contribution in [2.45, 2.75) is 40.5 Å². The van der Waals surface area contributed by atoms with E-state index >= 15 is 0 Å². The molecule has 0 bridgehead atoms. The lowest BCUT2D eigenvalue weighted by Crippen LogP contribution is -2.20. The summed E-state index contributed by atoms with van der Waals surface area (Å²) in [5, 5.41) is 1.16. The van der Waals surface area contributed by atoms with Gasteiger partial charge in [-0.2, -0.15) is 0 Å². The molecule has 0 amide bonds.